The van der Waals surface area contributed by atoms with Gasteiger partial charge in [0.1, 0.15) is 5.82 Å². The lowest BCUT2D eigenvalue weighted by Gasteiger charge is -2.13. The zero-order valence-corrected chi connectivity index (χ0v) is 11.3. The topological polar surface area (TPSA) is 41.1 Å². The highest BCUT2D eigenvalue weighted by atomic mass is 32.1. The number of rotatable bonds is 4. The standard InChI is InChI=1S/C14H15FN2OS/c1-10(9-13-3-2-8-19-13)16-14(18)17-12-6-4-11(15)5-7-12/h2-8,10H,9H2,1H3,(H2,16,17,18)/t10-/m1/s1. The first kappa shape index (κ1) is 13.5. The van der Waals surface area contributed by atoms with Crippen LogP contribution in [0.25, 0.3) is 0 Å². The Morgan fingerprint density at radius 3 is 2.68 bits per heavy atom. The maximum Gasteiger partial charge on any atom is 0.319 e. The molecule has 0 aliphatic heterocycles. The Labute approximate surface area is 115 Å². The Kier molecular flexibility index (Phi) is 4.52. The monoisotopic (exact) mass is 278 g/mol. The molecule has 1 atom stereocenters. The van der Waals surface area contributed by atoms with E-state index >= 15 is 0 Å². The molecule has 1 aromatic heterocycles. The van der Waals surface area contributed by atoms with Crippen LogP contribution >= 0.6 is 11.3 Å². The third-order valence-corrected chi connectivity index (χ3v) is 3.47. The number of carbonyl (C=O) groups excluding carboxylic acids is 1. The highest BCUT2D eigenvalue weighted by Crippen LogP contribution is 2.11. The van der Waals surface area contributed by atoms with E-state index in [0.717, 1.165) is 6.42 Å². The summed E-state index contributed by atoms with van der Waals surface area (Å²) in [5.74, 6) is -0.322. The molecule has 5 heteroatoms. The first-order chi connectivity index (χ1) is 9.13. The van der Waals surface area contributed by atoms with Crippen molar-refractivity contribution in [2.45, 2.75) is 19.4 Å². The minimum atomic E-state index is -0.322. The van der Waals surface area contributed by atoms with E-state index in [4.69, 9.17) is 0 Å². The number of nitrogens with one attached hydrogen (secondary N) is 2. The largest absolute Gasteiger partial charge is 0.335 e. The molecule has 1 heterocycles. The first-order valence-electron chi connectivity index (χ1n) is 5.99. The Morgan fingerprint density at radius 1 is 1.32 bits per heavy atom. The zero-order chi connectivity index (χ0) is 13.7. The molecule has 0 saturated heterocycles. The normalized spacial score (nSPS) is 11.9. The molecule has 0 aliphatic carbocycles. The molecule has 1 aromatic carbocycles. The van der Waals surface area contributed by atoms with Crippen LogP contribution in [0.4, 0.5) is 14.9 Å². The van der Waals surface area contributed by atoms with Gasteiger partial charge >= 0.3 is 6.03 Å². The van der Waals surface area contributed by atoms with E-state index in [0.29, 0.717) is 5.69 Å². The number of halogens is 1. The molecule has 3 nitrogen and oxygen atoms in total. The van der Waals surface area contributed by atoms with Crippen LogP contribution in [0, 0.1) is 5.82 Å². The van der Waals surface area contributed by atoms with Gasteiger partial charge in [-0.25, -0.2) is 9.18 Å². The maximum atomic E-state index is 12.7. The van der Waals surface area contributed by atoms with Gasteiger partial charge in [-0.1, -0.05) is 6.07 Å². The summed E-state index contributed by atoms with van der Waals surface area (Å²) in [4.78, 5) is 13.0. The van der Waals surface area contributed by atoms with Gasteiger partial charge in [0.05, 0.1) is 0 Å². The van der Waals surface area contributed by atoms with Gasteiger partial charge in [-0.3, -0.25) is 0 Å². The molecule has 0 fully saturated rings. The average molecular weight is 278 g/mol. The zero-order valence-electron chi connectivity index (χ0n) is 10.5. The molecule has 2 amide bonds. The van der Waals surface area contributed by atoms with Crippen molar-refractivity contribution in [3.63, 3.8) is 0 Å². The highest BCUT2D eigenvalue weighted by molar-refractivity contribution is 7.09. The minimum absolute atomic E-state index is 0.0408. The second-order valence-corrected chi connectivity index (χ2v) is 5.32. The van der Waals surface area contributed by atoms with Crippen molar-refractivity contribution in [2.75, 3.05) is 5.32 Å². The molecule has 19 heavy (non-hydrogen) atoms. The van der Waals surface area contributed by atoms with Gasteiger partial charge in [-0.15, -0.1) is 11.3 Å². The first-order valence-corrected chi connectivity index (χ1v) is 6.87. The summed E-state index contributed by atoms with van der Waals surface area (Å²) in [6.45, 7) is 1.95. The molecular weight excluding hydrogens is 263 g/mol. The van der Waals surface area contributed by atoms with E-state index in [2.05, 4.69) is 10.6 Å². The Hall–Kier alpha value is -1.88. The summed E-state index contributed by atoms with van der Waals surface area (Å²) in [5.41, 5.74) is 0.572. The smallest absolute Gasteiger partial charge is 0.319 e. The van der Waals surface area contributed by atoms with Crippen molar-refractivity contribution >= 4 is 23.1 Å². The van der Waals surface area contributed by atoms with Crippen molar-refractivity contribution in [1.82, 2.24) is 5.32 Å². The maximum absolute atomic E-state index is 12.7. The lowest BCUT2D eigenvalue weighted by molar-refractivity contribution is 0.249. The van der Waals surface area contributed by atoms with E-state index < -0.39 is 0 Å². The number of benzene rings is 1. The van der Waals surface area contributed by atoms with Crippen LogP contribution in [0.3, 0.4) is 0 Å². The van der Waals surface area contributed by atoms with Gasteiger partial charge in [0.15, 0.2) is 0 Å². The number of hydrogen-bond donors (Lipinski definition) is 2. The molecule has 2 aromatic rings. The molecule has 0 saturated carbocycles. The fourth-order valence-electron chi connectivity index (χ4n) is 1.71. The van der Waals surface area contributed by atoms with E-state index in [1.807, 2.05) is 24.4 Å². The summed E-state index contributed by atoms with van der Waals surface area (Å²) in [5, 5.41) is 7.52. The number of hydrogen-bond acceptors (Lipinski definition) is 2. The molecule has 2 rings (SSSR count). The van der Waals surface area contributed by atoms with Crippen molar-refractivity contribution in [3.8, 4) is 0 Å². The molecule has 0 spiro atoms. The Morgan fingerprint density at radius 2 is 2.05 bits per heavy atom. The number of thiophene rings is 1. The second kappa shape index (κ2) is 6.33. The third-order valence-electron chi connectivity index (χ3n) is 2.57. The number of urea groups is 1. The number of anilines is 1. The van der Waals surface area contributed by atoms with Crippen LogP contribution in [-0.4, -0.2) is 12.1 Å². The Balaban J connectivity index is 1.82. The molecule has 0 aliphatic rings. The minimum Gasteiger partial charge on any atom is -0.335 e. The Bertz CT molecular complexity index is 525. The molecule has 100 valence electrons. The van der Waals surface area contributed by atoms with Crippen LogP contribution in [0.1, 0.15) is 11.8 Å². The quantitative estimate of drug-likeness (QED) is 0.880. The van der Waals surface area contributed by atoms with Crippen LogP contribution in [0.2, 0.25) is 0 Å². The van der Waals surface area contributed by atoms with Crippen molar-refractivity contribution in [2.24, 2.45) is 0 Å². The molecular formula is C14H15FN2OS. The predicted octanol–water partition coefficient (Wildman–Crippen LogP) is 3.64. The molecule has 0 bridgehead atoms. The lowest BCUT2D eigenvalue weighted by Crippen LogP contribution is -2.37. The van der Waals surface area contributed by atoms with E-state index in [1.54, 1.807) is 11.3 Å². The average Bonchev–Trinajstić information content (AvgIpc) is 2.84. The van der Waals surface area contributed by atoms with Gasteiger partial charge in [-0.2, -0.15) is 0 Å². The van der Waals surface area contributed by atoms with E-state index in [-0.39, 0.29) is 17.9 Å². The highest BCUT2D eigenvalue weighted by Gasteiger charge is 2.08. The van der Waals surface area contributed by atoms with Gasteiger partial charge < -0.3 is 10.6 Å². The SMILES string of the molecule is C[C@H](Cc1cccs1)NC(=O)Nc1ccc(F)cc1. The molecule has 0 radical (unpaired) electrons. The van der Waals surface area contributed by atoms with Crippen molar-refractivity contribution < 1.29 is 9.18 Å². The van der Waals surface area contributed by atoms with Crippen LogP contribution in [-0.2, 0) is 6.42 Å². The number of carbonyl (C=O) groups is 1. The van der Waals surface area contributed by atoms with Crippen molar-refractivity contribution in [3.05, 3.63) is 52.5 Å². The van der Waals surface area contributed by atoms with Crippen LogP contribution in [0.5, 0.6) is 0 Å². The van der Waals surface area contributed by atoms with E-state index in [9.17, 15) is 9.18 Å². The third kappa shape index (κ3) is 4.37. The van der Waals surface area contributed by atoms with Crippen LogP contribution in [0.15, 0.2) is 41.8 Å². The summed E-state index contributed by atoms with van der Waals surface area (Å²) in [7, 11) is 0. The van der Waals surface area contributed by atoms with Gasteiger partial charge in [-0.05, 0) is 42.6 Å². The van der Waals surface area contributed by atoms with Gasteiger partial charge in [0.25, 0.3) is 0 Å². The fraction of sp³-hybridized carbons (Fsp3) is 0.214. The van der Waals surface area contributed by atoms with Gasteiger partial charge in [0, 0.05) is 23.0 Å². The summed E-state index contributed by atoms with van der Waals surface area (Å²) < 4.78 is 12.7. The lowest BCUT2D eigenvalue weighted by atomic mass is 10.2. The number of amides is 2. The van der Waals surface area contributed by atoms with E-state index in [1.165, 1.54) is 29.1 Å². The summed E-state index contributed by atoms with van der Waals surface area (Å²) in [6.07, 6.45) is 0.800. The molecule has 2 N–H and O–H groups in total. The second-order valence-electron chi connectivity index (χ2n) is 4.29. The predicted molar refractivity (Wildman–Crippen MR) is 76.0 cm³/mol. The van der Waals surface area contributed by atoms with Gasteiger partial charge in [0.2, 0.25) is 0 Å². The fourth-order valence-corrected chi connectivity index (χ4v) is 2.54. The summed E-state index contributed by atoms with van der Waals surface area (Å²) >= 11 is 1.67. The van der Waals surface area contributed by atoms with Crippen LogP contribution < -0.4 is 10.6 Å². The summed E-state index contributed by atoms with van der Waals surface area (Å²) in [6, 6.07) is 9.47. The molecule has 0 unspecified atom stereocenters. The van der Waals surface area contributed by atoms with Crippen molar-refractivity contribution in [1.29, 1.82) is 0 Å².